The molecular formula is C5H14AsNO2S. The van der Waals surface area contributed by atoms with Crippen LogP contribution in [0.25, 0.3) is 0 Å². The third-order valence-corrected chi connectivity index (χ3v) is 4.00. The minimum absolute atomic E-state index is 0.617. The Hall–Kier alpha value is 0.468. The van der Waals surface area contributed by atoms with Crippen LogP contribution < -0.4 is 4.72 Å². The Morgan fingerprint density at radius 1 is 1.40 bits per heavy atom. The molecule has 1 N–H and O–H groups in total. The van der Waals surface area contributed by atoms with Crippen LogP contribution in [-0.4, -0.2) is 35.9 Å². The molecule has 0 atom stereocenters. The first-order valence-corrected chi connectivity index (χ1v) is 9.98. The zero-order valence-corrected chi connectivity index (χ0v) is 9.28. The Morgan fingerprint density at radius 2 is 1.90 bits per heavy atom. The summed E-state index contributed by atoms with van der Waals surface area (Å²) in [7, 11) is -2.95. The van der Waals surface area contributed by atoms with E-state index in [1.165, 1.54) is 6.26 Å². The van der Waals surface area contributed by atoms with Crippen LogP contribution in [0.4, 0.5) is 0 Å². The third kappa shape index (κ3) is 8.47. The molecular weight excluding hydrogens is 213 g/mol. The molecule has 0 unspecified atom stereocenters. The summed E-state index contributed by atoms with van der Waals surface area (Å²) in [6, 6.07) is 0. The summed E-state index contributed by atoms with van der Waals surface area (Å²) in [5.41, 5.74) is 4.41. The van der Waals surface area contributed by atoms with Crippen LogP contribution >= 0.6 is 0 Å². The predicted molar refractivity (Wildman–Crippen MR) is 45.1 cm³/mol. The number of rotatable bonds is 4. The second-order valence-corrected chi connectivity index (χ2v) is 9.77. The molecule has 0 amide bonds. The summed E-state index contributed by atoms with van der Waals surface area (Å²) in [5, 5.41) is 1.04. The van der Waals surface area contributed by atoms with Gasteiger partial charge in [0.2, 0.25) is 0 Å². The molecule has 0 aromatic rings. The Labute approximate surface area is 67.5 Å². The Morgan fingerprint density at radius 3 is 2.20 bits per heavy atom. The van der Waals surface area contributed by atoms with Crippen molar-refractivity contribution in [3.05, 3.63) is 0 Å². The fourth-order valence-corrected chi connectivity index (χ4v) is 2.43. The van der Waals surface area contributed by atoms with E-state index in [2.05, 4.69) is 16.1 Å². The van der Waals surface area contributed by atoms with Gasteiger partial charge < -0.3 is 0 Å². The molecule has 0 spiro atoms. The monoisotopic (exact) mass is 227 g/mol. The molecule has 3 nitrogen and oxygen atoms in total. The molecule has 0 saturated carbocycles. The summed E-state index contributed by atoms with van der Waals surface area (Å²) in [4.78, 5) is 0. The first kappa shape index (κ1) is 10.5. The standard InChI is InChI=1S/C5H14AsNO2S/c1-6(2)4-5-7-10(3,8)9/h7H,4-5H2,1-3H3. The van der Waals surface area contributed by atoms with Gasteiger partial charge >= 0.3 is 67.2 Å². The van der Waals surface area contributed by atoms with E-state index in [4.69, 9.17) is 0 Å². The topological polar surface area (TPSA) is 46.2 Å². The zero-order valence-electron chi connectivity index (χ0n) is 6.59. The summed E-state index contributed by atoms with van der Waals surface area (Å²) in [6.45, 7) is 0.617. The quantitative estimate of drug-likeness (QED) is 0.701. The first-order chi connectivity index (χ1) is 4.42. The average Bonchev–Trinajstić information content (AvgIpc) is 1.59. The van der Waals surface area contributed by atoms with Crippen molar-refractivity contribution in [2.24, 2.45) is 0 Å². The van der Waals surface area contributed by atoms with Crippen molar-refractivity contribution >= 4 is 24.7 Å². The van der Waals surface area contributed by atoms with E-state index < -0.39 is 24.7 Å². The second-order valence-electron chi connectivity index (χ2n) is 2.47. The molecule has 0 aromatic heterocycles. The van der Waals surface area contributed by atoms with Gasteiger partial charge in [-0.15, -0.1) is 0 Å². The molecule has 0 aliphatic rings. The molecule has 0 bridgehead atoms. The molecule has 0 rings (SSSR count). The molecule has 10 heavy (non-hydrogen) atoms. The molecule has 62 valence electrons. The van der Waals surface area contributed by atoms with Gasteiger partial charge in [0.25, 0.3) is 0 Å². The van der Waals surface area contributed by atoms with E-state index in [1.54, 1.807) is 0 Å². The number of sulfonamides is 1. The van der Waals surface area contributed by atoms with Crippen LogP contribution in [0.2, 0.25) is 16.6 Å². The first-order valence-electron chi connectivity index (χ1n) is 3.01. The number of hydrogen-bond donors (Lipinski definition) is 1. The van der Waals surface area contributed by atoms with Crippen molar-refractivity contribution in [3.63, 3.8) is 0 Å². The second kappa shape index (κ2) is 4.37. The fraction of sp³-hybridized carbons (Fsp3) is 1.00. The van der Waals surface area contributed by atoms with Crippen molar-refractivity contribution in [3.8, 4) is 0 Å². The molecule has 0 aliphatic heterocycles. The van der Waals surface area contributed by atoms with Crippen molar-refractivity contribution in [1.29, 1.82) is 0 Å². The van der Waals surface area contributed by atoms with Crippen LogP contribution in [0.3, 0.4) is 0 Å². The van der Waals surface area contributed by atoms with E-state index in [1.807, 2.05) is 0 Å². The van der Waals surface area contributed by atoms with Crippen LogP contribution in [0.15, 0.2) is 0 Å². The van der Waals surface area contributed by atoms with Crippen LogP contribution in [-0.2, 0) is 10.0 Å². The normalized spacial score (nSPS) is 12.4. The average molecular weight is 227 g/mol. The fourth-order valence-electron chi connectivity index (χ4n) is 0.455. The van der Waals surface area contributed by atoms with E-state index in [0.717, 1.165) is 5.21 Å². The van der Waals surface area contributed by atoms with Crippen molar-refractivity contribution in [2.45, 2.75) is 16.6 Å². The van der Waals surface area contributed by atoms with Gasteiger partial charge in [-0.25, -0.2) is 0 Å². The summed E-state index contributed by atoms with van der Waals surface area (Å²) >= 11 is -0.644. The van der Waals surface area contributed by atoms with Gasteiger partial charge in [0.15, 0.2) is 0 Å². The summed E-state index contributed by atoms with van der Waals surface area (Å²) < 4.78 is 23.5. The van der Waals surface area contributed by atoms with E-state index in [-0.39, 0.29) is 0 Å². The van der Waals surface area contributed by atoms with E-state index >= 15 is 0 Å². The molecule has 0 radical (unpaired) electrons. The van der Waals surface area contributed by atoms with Gasteiger partial charge in [-0.1, -0.05) is 0 Å². The van der Waals surface area contributed by atoms with Crippen molar-refractivity contribution in [2.75, 3.05) is 12.8 Å². The number of hydrogen-bond acceptors (Lipinski definition) is 2. The van der Waals surface area contributed by atoms with Crippen LogP contribution in [0.5, 0.6) is 0 Å². The minimum atomic E-state index is -2.95. The molecule has 0 aliphatic carbocycles. The number of nitrogens with one attached hydrogen (secondary N) is 1. The maximum absolute atomic E-state index is 10.5. The molecule has 0 saturated heterocycles. The van der Waals surface area contributed by atoms with E-state index in [9.17, 15) is 8.42 Å². The Balaban J connectivity index is 3.39. The SMILES string of the molecule is C[As](C)CCNS(C)(=O)=O. The van der Waals surface area contributed by atoms with Gasteiger partial charge in [0, 0.05) is 0 Å². The molecule has 0 aromatic carbocycles. The van der Waals surface area contributed by atoms with Crippen LogP contribution in [0.1, 0.15) is 0 Å². The molecule has 5 heteroatoms. The third-order valence-electron chi connectivity index (χ3n) is 0.923. The van der Waals surface area contributed by atoms with Gasteiger partial charge in [0.05, 0.1) is 0 Å². The summed E-state index contributed by atoms with van der Waals surface area (Å²) in [6.07, 6.45) is 1.19. The van der Waals surface area contributed by atoms with Crippen molar-refractivity contribution < 1.29 is 8.42 Å². The van der Waals surface area contributed by atoms with Gasteiger partial charge in [-0.05, 0) is 0 Å². The van der Waals surface area contributed by atoms with Gasteiger partial charge in [-0.2, -0.15) is 0 Å². The van der Waals surface area contributed by atoms with Crippen LogP contribution in [0, 0.1) is 0 Å². The van der Waals surface area contributed by atoms with Gasteiger partial charge in [0.1, 0.15) is 0 Å². The summed E-state index contributed by atoms with van der Waals surface area (Å²) in [5.74, 6) is 0. The molecule has 0 fully saturated rings. The Kier molecular flexibility index (Phi) is 4.57. The Bertz CT molecular complexity index is 176. The molecule has 0 heterocycles. The van der Waals surface area contributed by atoms with E-state index in [0.29, 0.717) is 6.54 Å². The van der Waals surface area contributed by atoms with Crippen molar-refractivity contribution in [1.82, 2.24) is 4.72 Å². The predicted octanol–water partition coefficient (Wildman–Crippen LogP) is 0.290. The maximum atomic E-state index is 10.5. The zero-order chi connectivity index (χ0) is 8.20. The van der Waals surface area contributed by atoms with Gasteiger partial charge in [-0.3, -0.25) is 0 Å².